The summed E-state index contributed by atoms with van der Waals surface area (Å²) in [5.41, 5.74) is 2.29. The van der Waals surface area contributed by atoms with Crippen LogP contribution in [0.5, 0.6) is 5.75 Å². The maximum absolute atomic E-state index is 11.8. The SMILES string of the molecule is CCC(CCO)NC(=O)CCOc1cccc(C)c1C. The molecule has 0 aliphatic heterocycles. The van der Waals surface area contributed by atoms with Gasteiger partial charge in [-0.05, 0) is 43.9 Å². The lowest BCUT2D eigenvalue weighted by atomic mass is 10.1. The Kier molecular flexibility index (Phi) is 7.09. The highest BCUT2D eigenvalue weighted by Gasteiger charge is 2.10. The van der Waals surface area contributed by atoms with Crippen molar-refractivity contribution in [3.8, 4) is 5.75 Å². The van der Waals surface area contributed by atoms with E-state index in [-0.39, 0.29) is 18.6 Å². The maximum Gasteiger partial charge on any atom is 0.223 e. The van der Waals surface area contributed by atoms with Crippen molar-refractivity contribution in [2.24, 2.45) is 0 Å². The molecule has 20 heavy (non-hydrogen) atoms. The van der Waals surface area contributed by atoms with Crippen LogP contribution in [-0.2, 0) is 4.79 Å². The van der Waals surface area contributed by atoms with Gasteiger partial charge in [0.15, 0.2) is 0 Å². The van der Waals surface area contributed by atoms with E-state index in [1.807, 2.05) is 39.0 Å². The summed E-state index contributed by atoms with van der Waals surface area (Å²) in [7, 11) is 0. The van der Waals surface area contributed by atoms with Gasteiger partial charge in [0.25, 0.3) is 0 Å². The van der Waals surface area contributed by atoms with Crippen LogP contribution in [0.15, 0.2) is 18.2 Å². The summed E-state index contributed by atoms with van der Waals surface area (Å²) in [6.07, 6.45) is 1.75. The minimum Gasteiger partial charge on any atom is -0.493 e. The van der Waals surface area contributed by atoms with Crippen molar-refractivity contribution in [1.29, 1.82) is 0 Å². The van der Waals surface area contributed by atoms with E-state index in [1.54, 1.807) is 0 Å². The van der Waals surface area contributed by atoms with E-state index >= 15 is 0 Å². The molecule has 1 atom stereocenters. The van der Waals surface area contributed by atoms with Gasteiger partial charge in [0.05, 0.1) is 13.0 Å². The number of aliphatic hydroxyl groups excluding tert-OH is 1. The Hall–Kier alpha value is -1.55. The predicted molar refractivity (Wildman–Crippen MR) is 80.0 cm³/mol. The van der Waals surface area contributed by atoms with E-state index in [9.17, 15) is 4.79 Å². The number of benzene rings is 1. The summed E-state index contributed by atoms with van der Waals surface area (Å²) in [6, 6.07) is 5.95. The number of aryl methyl sites for hydroxylation is 1. The number of hydrogen-bond donors (Lipinski definition) is 2. The number of carbonyl (C=O) groups excluding carboxylic acids is 1. The molecule has 1 aromatic rings. The molecule has 4 nitrogen and oxygen atoms in total. The molecular formula is C16H25NO3. The van der Waals surface area contributed by atoms with E-state index < -0.39 is 0 Å². The zero-order chi connectivity index (χ0) is 15.0. The Bertz CT molecular complexity index is 432. The van der Waals surface area contributed by atoms with Gasteiger partial charge in [-0.3, -0.25) is 4.79 Å². The second-order valence-electron chi connectivity index (χ2n) is 4.98. The highest BCUT2D eigenvalue weighted by atomic mass is 16.5. The number of amides is 1. The second kappa shape index (κ2) is 8.59. The Morgan fingerprint density at radius 2 is 2.15 bits per heavy atom. The van der Waals surface area contributed by atoms with Gasteiger partial charge in [-0.1, -0.05) is 19.1 Å². The largest absolute Gasteiger partial charge is 0.493 e. The van der Waals surface area contributed by atoms with Crippen molar-refractivity contribution in [3.05, 3.63) is 29.3 Å². The van der Waals surface area contributed by atoms with Gasteiger partial charge in [-0.15, -0.1) is 0 Å². The van der Waals surface area contributed by atoms with E-state index in [1.165, 1.54) is 5.56 Å². The fourth-order valence-electron chi connectivity index (χ4n) is 1.97. The van der Waals surface area contributed by atoms with Crippen molar-refractivity contribution in [2.45, 2.75) is 46.1 Å². The van der Waals surface area contributed by atoms with E-state index in [2.05, 4.69) is 5.32 Å². The second-order valence-corrected chi connectivity index (χ2v) is 4.98. The Labute approximate surface area is 121 Å². The molecule has 1 amide bonds. The highest BCUT2D eigenvalue weighted by molar-refractivity contribution is 5.76. The normalized spacial score (nSPS) is 12.0. The summed E-state index contributed by atoms with van der Waals surface area (Å²) >= 11 is 0. The van der Waals surface area contributed by atoms with E-state index in [0.29, 0.717) is 19.4 Å². The van der Waals surface area contributed by atoms with Crippen molar-refractivity contribution < 1.29 is 14.6 Å². The van der Waals surface area contributed by atoms with Crippen LogP contribution in [0, 0.1) is 13.8 Å². The standard InChI is InChI=1S/C16H25NO3/c1-4-14(8-10-18)17-16(19)9-11-20-15-7-5-6-12(2)13(15)3/h5-7,14,18H,4,8-11H2,1-3H3,(H,17,19). The van der Waals surface area contributed by atoms with Gasteiger partial charge in [0.1, 0.15) is 5.75 Å². The number of aliphatic hydroxyl groups is 1. The fourth-order valence-corrected chi connectivity index (χ4v) is 1.97. The third kappa shape index (κ3) is 5.21. The van der Waals surface area contributed by atoms with Gasteiger partial charge >= 0.3 is 0 Å². The fraction of sp³-hybridized carbons (Fsp3) is 0.562. The molecule has 1 rings (SSSR count). The number of carbonyl (C=O) groups is 1. The molecule has 0 aliphatic rings. The minimum atomic E-state index is -0.0318. The summed E-state index contributed by atoms with van der Waals surface area (Å²) in [6.45, 7) is 6.51. The molecule has 0 aromatic heterocycles. The lowest BCUT2D eigenvalue weighted by Crippen LogP contribution is -2.35. The maximum atomic E-state index is 11.8. The zero-order valence-corrected chi connectivity index (χ0v) is 12.6. The molecule has 0 aliphatic carbocycles. The van der Waals surface area contributed by atoms with Gasteiger partial charge in [-0.25, -0.2) is 0 Å². The van der Waals surface area contributed by atoms with Gasteiger partial charge in [-0.2, -0.15) is 0 Å². The number of ether oxygens (including phenoxy) is 1. The average Bonchev–Trinajstić information content (AvgIpc) is 2.43. The first-order valence-corrected chi connectivity index (χ1v) is 7.17. The van der Waals surface area contributed by atoms with Crippen LogP contribution in [0.2, 0.25) is 0 Å². The smallest absolute Gasteiger partial charge is 0.223 e. The minimum absolute atomic E-state index is 0.0318. The number of hydrogen-bond acceptors (Lipinski definition) is 3. The Balaban J connectivity index is 2.36. The van der Waals surface area contributed by atoms with Crippen LogP contribution in [0.1, 0.15) is 37.3 Å². The third-order valence-electron chi connectivity index (χ3n) is 3.48. The molecule has 0 radical (unpaired) electrons. The van der Waals surface area contributed by atoms with Crippen molar-refractivity contribution >= 4 is 5.91 Å². The topological polar surface area (TPSA) is 58.6 Å². The predicted octanol–water partition coefficient (Wildman–Crippen LogP) is 2.35. The molecular weight excluding hydrogens is 254 g/mol. The van der Waals surface area contributed by atoms with Crippen molar-refractivity contribution in [1.82, 2.24) is 5.32 Å². The molecule has 0 spiro atoms. The first kappa shape index (κ1) is 16.5. The summed E-state index contributed by atoms with van der Waals surface area (Å²) < 4.78 is 5.65. The number of rotatable bonds is 8. The van der Waals surface area contributed by atoms with Gasteiger partial charge < -0.3 is 15.2 Å². The number of nitrogens with one attached hydrogen (secondary N) is 1. The first-order chi connectivity index (χ1) is 9.58. The van der Waals surface area contributed by atoms with Gasteiger partial charge in [0, 0.05) is 12.6 Å². The quantitative estimate of drug-likeness (QED) is 0.768. The summed E-state index contributed by atoms with van der Waals surface area (Å²) in [5.74, 6) is 0.802. The lowest BCUT2D eigenvalue weighted by Gasteiger charge is -2.16. The molecule has 0 fully saturated rings. The van der Waals surface area contributed by atoms with Crippen LogP contribution in [0.4, 0.5) is 0 Å². The van der Waals surface area contributed by atoms with Crippen molar-refractivity contribution in [3.63, 3.8) is 0 Å². The highest BCUT2D eigenvalue weighted by Crippen LogP contribution is 2.20. The summed E-state index contributed by atoms with van der Waals surface area (Å²) in [5, 5.41) is 11.8. The molecule has 112 valence electrons. The Morgan fingerprint density at radius 1 is 1.40 bits per heavy atom. The Morgan fingerprint density at radius 3 is 2.80 bits per heavy atom. The average molecular weight is 279 g/mol. The molecule has 0 heterocycles. The third-order valence-corrected chi connectivity index (χ3v) is 3.48. The van der Waals surface area contributed by atoms with E-state index in [4.69, 9.17) is 9.84 Å². The van der Waals surface area contributed by atoms with E-state index in [0.717, 1.165) is 17.7 Å². The van der Waals surface area contributed by atoms with Gasteiger partial charge in [0.2, 0.25) is 5.91 Å². The van der Waals surface area contributed by atoms with Crippen molar-refractivity contribution in [2.75, 3.05) is 13.2 Å². The van der Waals surface area contributed by atoms with Crippen LogP contribution in [-0.4, -0.2) is 30.3 Å². The molecule has 0 saturated carbocycles. The monoisotopic (exact) mass is 279 g/mol. The molecule has 1 unspecified atom stereocenters. The van der Waals surface area contributed by atoms with Crippen LogP contribution >= 0.6 is 0 Å². The van der Waals surface area contributed by atoms with Crippen LogP contribution in [0.25, 0.3) is 0 Å². The molecule has 2 N–H and O–H groups in total. The zero-order valence-electron chi connectivity index (χ0n) is 12.6. The van der Waals surface area contributed by atoms with Crippen LogP contribution in [0.3, 0.4) is 0 Å². The molecule has 1 aromatic carbocycles. The molecule has 4 heteroatoms. The lowest BCUT2D eigenvalue weighted by molar-refractivity contribution is -0.122. The van der Waals surface area contributed by atoms with Crippen LogP contribution < -0.4 is 10.1 Å². The summed E-state index contributed by atoms with van der Waals surface area (Å²) in [4.78, 5) is 11.8. The first-order valence-electron chi connectivity index (χ1n) is 7.17. The molecule has 0 bridgehead atoms. The molecule has 0 saturated heterocycles.